The second kappa shape index (κ2) is 8.53. The molecule has 0 aromatic heterocycles. The molecule has 1 heterocycles. The number of nitrogens with zero attached hydrogens (tertiary/aromatic N) is 1. The van der Waals surface area contributed by atoms with E-state index >= 15 is 0 Å². The number of ether oxygens (including phenoxy) is 1. The zero-order valence-corrected chi connectivity index (χ0v) is 16.4. The van der Waals surface area contributed by atoms with Crippen molar-refractivity contribution in [2.75, 3.05) is 13.2 Å². The predicted octanol–water partition coefficient (Wildman–Crippen LogP) is 4.02. The van der Waals surface area contributed by atoms with Crippen molar-refractivity contribution in [3.8, 4) is 5.75 Å². The summed E-state index contributed by atoms with van der Waals surface area (Å²) in [5.74, 6) is 0.480. The third kappa shape index (κ3) is 4.55. The summed E-state index contributed by atoms with van der Waals surface area (Å²) in [7, 11) is 0. The number of thioether (sulfide) groups is 1. The van der Waals surface area contributed by atoms with Gasteiger partial charge in [0, 0.05) is 4.47 Å². The van der Waals surface area contributed by atoms with E-state index in [4.69, 9.17) is 9.84 Å². The summed E-state index contributed by atoms with van der Waals surface area (Å²) in [5.41, 5.74) is 2.74. The number of nitrogens with one attached hydrogen (secondary N) is 1. The maximum Gasteiger partial charge on any atom is 0.264 e. The highest BCUT2D eigenvalue weighted by Gasteiger charge is 2.24. The molecule has 2 N–H and O–H groups in total. The number of halogens is 1. The number of aryl methyl sites for hydroxylation is 1. The lowest BCUT2D eigenvalue weighted by atomic mass is 10.2. The fourth-order valence-corrected chi connectivity index (χ4v) is 3.60. The van der Waals surface area contributed by atoms with E-state index in [2.05, 4.69) is 26.2 Å². The van der Waals surface area contributed by atoms with Crippen LogP contribution in [0.5, 0.6) is 5.75 Å². The first-order chi connectivity index (χ1) is 12.6. The molecule has 0 aliphatic carbocycles. The molecule has 1 fully saturated rings. The summed E-state index contributed by atoms with van der Waals surface area (Å²) in [6.45, 7) is 2.18. The Morgan fingerprint density at radius 2 is 2.12 bits per heavy atom. The molecule has 1 amide bonds. The van der Waals surface area contributed by atoms with Crippen molar-refractivity contribution in [3.63, 3.8) is 0 Å². The monoisotopic (exact) mass is 432 g/mol. The molecule has 1 aliphatic heterocycles. The van der Waals surface area contributed by atoms with E-state index in [1.807, 2.05) is 43.3 Å². The third-order valence-electron chi connectivity index (χ3n) is 3.61. The van der Waals surface area contributed by atoms with Crippen LogP contribution in [0.1, 0.15) is 11.1 Å². The van der Waals surface area contributed by atoms with Crippen LogP contribution in [0.25, 0.3) is 6.08 Å². The van der Waals surface area contributed by atoms with Gasteiger partial charge in [0.2, 0.25) is 0 Å². The van der Waals surface area contributed by atoms with Gasteiger partial charge in [-0.05, 0) is 54.1 Å². The average molecular weight is 433 g/mol. The van der Waals surface area contributed by atoms with Crippen LogP contribution in [0.15, 0.2) is 56.8 Å². The first kappa shape index (κ1) is 18.7. The molecular weight excluding hydrogens is 416 g/mol. The molecule has 0 atom stereocenters. The standard InChI is InChI=1S/C19H17BrN2O3S/c1-12-4-2-3-5-16(12)21-19-22-18(24)17(26-19)10-13-6-7-14(11-15(13)20)25-9-8-23/h2-7,10-11,23H,8-9H2,1H3,(H,21,22,24). The van der Waals surface area contributed by atoms with E-state index in [1.165, 1.54) is 11.8 Å². The quantitative estimate of drug-likeness (QED) is 0.699. The lowest BCUT2D eigenvalue weighted by Gasteiger charge is -2.06. The highest BCUT2D eigenvalue weighted by atomic mass is 79.9. The van der Waals surface area contributed by atoms with E-state index in [0.29, 0.717) is 15.8 Å². The van der Waals surface area contributed by atoms with Gasteiger partial charge in [-0.15, -0.1) is 0 Å². The second-order valence-corrected chi connectivity index (χ2v) is 7.41. The summed E-state index contributed by atoms with van der Waals surface area (Å²) in [6, 6.07) is 13.2. The topological polar surface area (TPSA) is 70.9 Å². The first-order valence-corrected chi connectivity index (χ1v) is 9.56. The Labute approximate surface area is 164 Å². The molecule has 1 saturated heterocycles. The number of carbonyl (C=O) groups is 1. The lowest BCUT2D eigenvalue weighted by molar-refractivity contribution is -0.115. The molecule has 26 heavy (non-hydrogen) atoms. The number of carbonyl (C=O) groups excluding carboxylic acids is 1. The van der Waals surface area contributed by atoms with Gasteiger partial charge in [0.15, 0.2) is 5.17 Å². The number of hydrogen-bond donors (Lipinski definition) is 2. The first-order valence-electron chi connectivity index (χ1n) is 7.95. The zero-order valence-electron chi connectivity index (χ0n) is 14.0. The molecule has 0 unspecified atom stereocenters. The average Bonchev–Trinajstić information content (AvgIpc) is 2.96. The Hall–Kier alpha value is -2.09. The maximum atomic E-state index is 12.2. The number of aliphatic hydroxyl groups is 1. The summed E-state index contributed by atoms with van der Waals surface area (Å²) in [5, 5.41) is 12.2. The Bertz CT molecular complexity index is 896. The molecule has 1 aliphatic rings. The van der Waals surface area contributed by atoms with Crippen molar-refractivity contribution in [3.05, 3.63) is 63.0 Å². The molecule has 0 radical (unpaired) electrons. The molecule has 2 aromatic rings. The molecule has 5 nitrogen and oxygen atoms in total. The van der Waals surface area contributed by atoms with Gasteiger partial charge in [0.1, 0.15) is 12.4 Å². The van der Waals surface area contributed by atoms with Gasteiger partial charge >= 0.3 is 0 Å². The van der Waals surface area contributed by atoms with E-state index in [0.717, 1.165) is 21.3 Å². The summed E-state index contributed by atoms with van der Waals surface area (Å²) >= 11 is 4.80. The van der Waals surface area contributed by atoms with Crippen LogP contribution in [0.2, 0.25) is 0 Å². The highest BCUT2D eigenvalue weighted by molar-refractivity contribution is 9.10. The third-order valence-corrected chi connectivity index (χ3v) is 5.20. The van der Waals surface area contributed by atoms with E-state index in [9.17, 15) is 4.79 Å². The number of aliphatic imine (C=N–C) groups is 1. The number of rotatable bonds is 5. The van der Waals surface area contributed by atoms with Gasteiger partial charge in [-0.2, -0.15) is 0 Å². The largest absolute Gasteiger partial charge is 0.491 e. The second-order valence-electron chi connectivity index (χ2n) is 5.52. The minimum absolute atomic E-state index is 0.0385. The van der Waals surface area contributed by atoms with Crippen molar-refractivity contribution < 1.29 is 14.6 Å². The van der Waals surface area contributed by atoms with Crippen molar-refractivity contribution in [2.24, 2.45) is 4.99 Å². The predicted molar refractivity (Wildman–Crippen MR) is 109 cm³/mol. The molecule has 2 aromatic carbocycles. The van der Waals surface area contributed by atoms with Crippen LogP contribution in [-0.2, 0) is 4.79 Å². The Balaban J connectivity index is 1.80. The minimum atomic E-state index is -0.171. The number of para-hydroxylation sites is 1. The van der Waals surface area contributed by atoms with Gasteiger partial charge < -0.3 is 15.2 Å². The van der Waals surface area contributed by atoms with Crippen LogP contribution >= 0.6 is 27.7 Å². The fraction of sp³-hybridized carbons (Fsp3) is 0.158. The molecule has 134 valence electrons. The molecule has 3 rings (SSSR count). The normalized spacial score (nSPS) is 17.0. The number of amidine groups is 1. The highest BCUT2D eigenvalue weighted by Crippen LogP contribution is 2.31. The van der Waals surface area contributed by atoms with Crippen molar-refractivity contribution in [1.29, 1.82) is 0 Å². The van der Waals surface area contributed by atoms with Gasteiger partial charge in [0.05, 0.1) is 17.2 Å². The van der Waals surface area contributed by atoms with E-state index in [-0.39, 0.29) is 19.1 Å². The van der Waals surface area contributed by atoms with Crippen molar-refractivity contribution in [2.45, 2.75) is 6.92 Å². The molecule has 0 spiro atoms. The number of benzene rings is 2. The van der Waals surface area contributed by atoms with Gasteiger partial charge in [-0.25, -0.2) is 4.99 Å². The van der Waals surface area contributed by atoms with Crippen LogP contribution in [0, 0.1) is 6.92 Å². The van der Waals surface area contributed by atoms with Gasteiger partial charge in [0.25, 0.3) is 5.91 Å². The van der Waals surface area contributed by atoms with E-state index < -0.39 is 0 Å². The zero-order chi connectivity index (χ0) is 18.5. The van der Waals surface area contributed by atoms with Crippen LogP contribution in [0.4, 0.5) is 5.69 Å². The maximum absolute atomic E-state index is 12.2. The Kier molecular flexibility index (Phi) is 6.13. The lowest BCUT2D eigenvalue weighted by Crippen LogP contribution is -2.19. The Morgan fingerprint density at radius 1 is 1.31 bits per heavy atom. The molecular formula is C19H17BrN2O3S. The van der Waals surface area contributed by atoms with Crippen molar-refractivity contribution in [1.82, 2.24) is 5.32 Å². The molecule has 7 heteroatoms. The van der Waals surface area contributed by atoms with Crippen LogP contribution in [0.3, 0.4) is 0 Å². The van der Waals surface area contributed by atoms with Crippen molar-refractivity contribution >= 4 is 50.5 Å². The van der Waals surface area contributed by atoms with Crippen LogP contribution in [-0.4, -0.2) is 29.4 Å². The summed E-state index contributed by atoms with van der Waals surface area (Å²) < 4.78 is 6.18. The summed E-state index contributed by atoms with van der Waals surface area (Å²) in [4.78, 5) is 17.3. The number of hydrogen-bond acceptors (Lipinski definition) is 5. The van der Waals surface area contributed by atoms with Crippen LogP contribution < -0.4 is 10.1 Å². The van der Waals surface area contributed by atoms with E-state index in [1.54, 1.807) is 12.1 Å². The molecule has 0 saturated carbocycles. The minimum Gasteiger partial charge on any atom is -0.491 e. The number of aliphatic hydroxyl groups excluding tert-OH is 1. The summed E-state index contributed by atoms with van der Waals surface area (Å²) in [6.07, 6.45) is 1.81. The molecule has 0 bridgehead atoms. The number of amides is 1. The SMILES string of the molecule is Cc1ccccc1N=C1NC(=O)C(=Cc2ccc(OCCO)cc2Br)S1. The fourth-order valence-electron chi connectivity index (χ4n) is 2.30. The Morgan fingerprint density at radius 3 is 2.85 bits per heavy atom. The smallest absolute Gasteiger partial charge is 0.264 e. The van der Waals surface area contributed by atoms with Gasteiger partial charge in [-0.1, -0.05) is 40.2 Å². The van der Waals surface area contributed by atoms with Gasteiger partial charge in [-0.3, -0.25) is 4.79 Å².